The second-order valence-corrected chi connectivity index (χ2v) is 12.6. The molecule has 0 saturated carbocycles. The van der Waals surface area contributed by atoms with Gasteiger partial charge in [-0.2, -0.15) is 28.1 Å². The van der Waals surface area contributed by atoms with Gasteiger partial charge in [-0.05, 0) is 73.1 Å². The normalized spacial score (nSPS) is 22.0. The summed E-state index contributed by atoms with van der Waals surface area (Å²) in [4.78, 5) is 43.0. The number of hydrogen-bond donors (Lipinski definition) is 6. The van der Waals surface area contributed by atoms with E-state index in [1.807, 2.05) is 9.80 Å². The fourth-order valence-electron chi connectivity index (χ4n) is 5.44. The predicted octanol–water partition coefficient (Wildman–Crippen LogP) is 2.17. The maximum absolute atomic E-state index is 12.8. The second-order valence-electron chi connectivity index (χ2n) is 11.5. The van der Waals surface area contributed by atoms with Crippen molar-refractivity contribution in [2.24, 2.45) is 22.9 Å². The minimum Gasteiger partial charge on any atom is -0.338 e. The molecule has 3 aromatic rings. The molecule has 3 heterocycles. The Kier molecular flexibility index (Phi) is 10.3. The molecule has 246 valence electrons. The van der Waals surface area contributed by atoms with Crippen LogP contribution in [-0.2, 0) is 4.79 Å². The molecule has 2 aliphatic heterocycles. The molecule has 2 aromatic carbocycles. The highest BCUT2D eigenvalue weighted by Gasteiger charge is 2.30. The van der Waals surface area contributed by atoms with E-state index in [9.17, 15) is 22.8 Å². The van der Waals surface area contributed by atoms with E-state index in [0.29, 0.717) is 62.2 Å². The zero-order valence-electron chi connectivity index (χ0n) is 24.8. The summed E-state index contributed by atoms with van der Waals surface area (Å²) in [5, 5.41) is 5.69. The monoisotopic (exact) mass is 659 g/mol. The summed E-state index contributed by atoms with van der Waals surface area (Å²) >= 11 is -0.253. The largest absolute Gasteiger partial charge is 0.446 e. The van der Waals surface area contributed by atoms with Crippen LogP contribution in [0, 0.1) is 0 Å². The van der Waals surface area contributed by atoms with Crippen molar-refractivity contribution >= 4 is 52.7 Å². The smallest absolute Gasteiger partial charge is 0.338 e. The summed E-state index contributed by atoms with van der Waals surface area (Å²) in [6.45, 7) is 2.12. The van der Waals surface area contributed by atoms with Crippen molar-refractivity contribution in [1.29, 1.82) is 0 Å². The Labute approximate surface area is 267 Å². The van der Waals surface area contributed by atoms with Crippen LogP contribution in [0.4, 0.5) is 42.4 Å². The molecule has 0 bridgehead atoms. The van der Waals surface area contributed by atoms with Crippen LogP contribution >= 0.6 is 11.8 Å². The zero-order chi connectivity index (χ0) is 33.0. The lowest BCUT2D eigenvalue weighted by Gasteiger charge is -2.37. The molecule has 1 aromatic heterocycles. The van der Waals surface area contributed by atoms with Gasteiger partial charge < -0.3 is 43.4 Å². The van der Waals surface area contributed by atoms with Crippen molar-refractivity contribution in [3.8, 4) is 0 Å². The van der Waals surface area contributed by atoms with E-state index in [-0.39, 0.29) is 52.5 Å². The van der Waals surface area contributed by atoms with E-state index in [1.165, 1.54) is 24.3 Å². The van der Waals surface area contributed by atoms with Crippen molar-refractivity contribution in [2.45, 2.75) is 53.8 Å². The molecule has 10 N–H and O–H groups in total. The molecule has 46 heavy (non-hydrogen) atoms. The number of carbonyl (C=O) groups excluding carboxylic acids is 2. The number of thioether (sulfide) groups is 1. The van der Waals surface area contributed by atoms with Gasteiger partial charge in [0.2, 0.25) is 23.8 Å². The third kappa shape index (κ3) is 9.26. The molecular formula is C29H36F3N11O2S. The Hall–Kier alpha value is -4.03. The van der Waals surface area contributed by atoms with Crippen LogP contribution in [0.1, 0.15) is 29.6 Å². The number of nitrogens with one attached hydrogen (secondary N) is 2. The Morgan fingerprint density at radius 1 is 0.761 bits per heavy atom. The summed E-state index contributed by atoms with van der Waals surface area (Å²) in [6, 6.07) is 11.1. The van der Waals surface area contributed by atoms with Crippen LogP contribution in [-0.4, -0.2) is 82.5 Å². The van der Waals surface area contributed by atoms with Crippen LogP contribution < -0.4 is 43.4 Å². The van der Waals surface area contributed by atoms with Gasteiger partial charge in [-0.1, -0.05) is 0 Å². The summed E-state index contributed by atoms with van der Waals surface area (Å²) in [7, 11) is 0. The Morgan fingerprint density at radius 2 is 1.24 bits per heavy atom. The maximum atomic E-state index is 12.8. The number of benzene rings is 2. The van der Waals surface area contributed by atoms with Gasteiger partial charge in [0.05, 0.1) is 6.42 Å². The fourth-order valence-corrected chi connectivity index (χ4v) is 5.98. The lowest BCUT2D eigenvalue weighted by molar-refractivity contribution is -0.115. The van der Waals surface area contributed by atoms with Crippen molar-refractivity contribution in [3.63, 3.8) is 0 Å². The number of anilines is 5. The summed E-state index contributed by atoms with van der Waals surface area (Å²) in [5.74, 6) is 0.0600. The SMILES string of the molecule is NC1CC(N)CN(c2nc(Nc3ccc(C(=O)CC(=O)Nc4ccc(SC(F)(F)F)cc4)cc3)nc(N3C[C@H](N)C[C@@H](N)C3)n2)C1. The standard InChI is InChI=1S/C29H36F3N11O2S/c30-29(31,32)46-23-7-5-21(6-8-23)37-25(45)11-24(44)16-1-3-22(4-2-16)38-26-39-27(42-12-17(33)9-18(34)13-42)41-28(40-26)43-14-19(35)10-20(36)15-43/h1-8,17-20H,9-15,33-36H2,(H,37,45)(H,38,39,40,41)/t17-,18-,19?,20?/m1/s1. The summed E-state index contributed by atoms with van der Waals surface area (Å²) in [5.41, 5.74) is 21.6. The van der Waals surface area contributed by atoms with Crippen molar-refractivity contribution in [3.05, 3.63) is 54.1 Å². The Bertz CT molecular complexity index is 1460. The zero-order valence-corrected chi connectivity index (χ0v) is 25.6. The van der Waals surface area contributed by atoms with Crippen LogP contribution in [0.25, 0.3) is 0 Å². The quantitative estimate of drug-likeness (QED) is 0.111. The third-order valence-electron chi connectivity index (χ3n) is 7.36. The minimum atomic E-state index is -4.41. The number of amides is 1. The molecule has 13 nitrogen and oxygen atoms in total. The molecule has 1 amide bonds. The average Bonchev–Trinajstić information content (AvgIpc) is 2.96. The van der Waals surface area contributed by atoms with Gasteiger partial charge in [-0.25, -0.2) is 0 Å². The first kappa shape index (κ1) is 33.3. The van der Waals surface area contributed by atoms with Gasteiger partial charge in [0.1, 0.15) is 0 Å². The van der Waals surface area contributed by atoms with E-state index >= 15 is 0 Å². The van der Waals surface area contributed by atoms with Crippen molar-refractivity contribution in [2.75, 3.05) is 46.6 Å². The lowest BCUT2D eigenvalue weighted by atomic mass is 10.0. The van der Waals surface area contributed by atoms with E-state index in [2.05, 4.69) is 20.6 Å². The number of alkyl halides is 3. The predicted molar refractivity (Wildman–Crippen MR) is 171 cm³/mol. The number of nitrogens with zero attached hydrogens (tertiary/aromatic N) is 5. The average molecular weight is 660 g/mol. The first-order valence-electron chi connectivity index (χ1n) is 14.6. The third-order valence-corrected chi connectivity index (χ3v) is 8.10. The summed E-state index contributed by atoms with van der Waals surface area (Å²) < 4.78 is 37.6. The highest BCUT2D eigenvalue weighted by atomic mass is 32.2. The Balaban J connectivity index is 1.25. The summed E-state index contributed by atoms with van der Waals surface area (Å²) in [6.07, 6.45) is 0.936. The number of halogens is 3. The number of hydrogen-bond acceptors (Lipinski definition) is 13. The van der Waals surface area contributed by atoms with Crippen LogP contribution in [0.2, 0.25) is 0 Å². The van der Waals surface area contributed by atoms with E-state index in [1.54, 1.807) is 24.3 Å². The number of rotatable bonds is 9. The molecule has 2 saturated heterocycles. The molecule has 4 atom stereocenters. The van der Waals surface area contributed by atoms with Crippen molar-refractivity contribution < 1.29 is 22.8 Å². The minimum absolute atomic E-state index is 0.0142. The number of Topliss-reactive ketones (excluding diaryl/α,β-unsaturated/α-hetero) is 1. The molecule has 2 unspecified atom stereocenters. The van der Waals surface area contributed by atoms with Crippen LogP contribution in [0.15, 0.2) is 53.4 Å². The first-order chi connectivity index (χ1) is 21.8. The van der Waals surface area contributed by atoms with E-state index < -0.39 is 23.6 Å². The fraction of sp³-hybridized carbons (Fsp3) is 0.414. The maximum Gasteiger partial charge on any atom is 0.446 e. The molecule has 2 aliphatic rings. The molecule has 17 heteroatoms. The van der Waals surface area contributed by atoms with Gasteiger partial charge >= 0.3 is 5.51 Å². The van der Waals surface area contributed by atoms with Gasteiger partial charge in [0, 0.05) is 72.2 Å². The molecule has 5 rings (SSSR count). The van der Waals surface area contributed by atoms with E-state index in [0.717, 1.165) is 0 Å². The van der Waals surface area contributed by atoms with Gasteiger partial charge in [0.25, 0.3) is 0 Å². The Morgan fingerprint density at radius 3 is 1.72 bits per heavy atom. The topological polar surface area (TPSA) is 207 Å². The number of carbonyl (C=O) groups is 2. The molecule has 0 spiro atoms. The molecule has 0 radical (unpaired) electrons. The van der Waals surface area contributed by atoms with Gasteiger partial charge in [-0.3, -0.25) is 9.59 Å². The highest BCUT2D eigenvalue weighted by molar-refractivity contribution is 8.00. The van der Waals surface area contributed by atoms with E-state index in [4.69, 9.17) is 27.9 Å². The van der Waals surface area contributed by atoms with Gasteiger partial charge in [-0.15, -0.1) is 0 Å². The van der Waals surface area contributed by atoms with Crippen molar-refractivity contribution in [1.82, 2.24) is 15.0 Å². The van der Waals surface area contributed by atoms with Crippen LogP contribution in [0.5, 0.6) is 0 Å². The lowest BCUT2D eigenvalue weighted by Crippen LogP contribution is -2.54. The highest BCUT2D eigenvalue weighted by Crippen LogP contribution is 2.37. The number of nitrogens with two attached hydrogens (primary N) is 4. The molecule has 0 aliphatic carbocycles. The molecule has 2 fully saturated rings. The molecular weight excluding hydrogens is 623 g/mol. The number of ketones is 1. The first-order valence-corrected chi connectivity index (χ1v) is 15.5. The van der Waals surface area contributed by atoms with Gasteiger partial charge in [0.15, 0.2) is 5.78 Å². The van der Waals surface area contributed by atoms with Crippen LogP contribution in [0.3, 0.4) is 0 Å². The number of aromatic nitrogens is 3. The second kappa shape index (κ2) is 14.2. The number of piperidine rings is 2.